The van der Waals surface area contributed by atoms with Crippen molar-refractivity contribution in [3.63, 3.8) is 0 Å². The summed E-state index contributed by atoms with van der Waals surface area (Å²) >= 11 is 0. The fourth-order valence-electron chi connectivity index (χ4n) is 6.55. The molecule has 0 saturated carbocycles. The molecular formula is C33H38N4O4. The Labute approximate surface area is 239 Å². The van der Waals surface area contributed by atoms with Gasteiger partial charge in [0.25, 0.3) is 0 Å². The van der Waals surface area contributed by atoms with E-state index in [2.05, 4.69) is 56.7 Å². The number of aryl methyl sites for hydroxylation is 4. The number of aromatic amines is 2. The lowest BCUT2D eigenvalue weighted by atomic mass is 9.85. The Hall–Kier alpha value is -4.20. The number of allylic oxidation sites excluding steroid dienone is 1. The molecule has 8 bridgehead atoms. The van der Waals surface area contributed by atoms with Crippen LogP contribution in [0.4, 0.5) is 0 Å². The zero-order valence-electron chi connectivity index (χ0n) is 24.8. The highest BCUT2D eigenvalue weighted by atomic mass is 16.4. The number of carboxylic acids is 2. The minimum Gasteiger partial charge on any atom is -0.481 e. The van der Waals surface area contributed by atoms with Gasteiger partial charge in [-0.2, -0.15) is 0 Å². The van der Waals surface area contributed by atoms with Crippen LogP contribution in [-0.4, -0.2) is 42.1 Å². The van der Waals surface area contributed by atoms with Gasteiger partial charge in [-0.15, -0.1) is 0 Å². The molecule has 4 N–H and O–H groups in total. The average molecular weight is 555 g/mol. The molecule has 0 unspecified atom stereocenters. The molecule has 8 nitrogen and oxygen atoms in total. The van der Waals surface area contributed by atoms with E-state index in [-0.39, 0.29) is 23.8 Å². The van der Waals surface area contributed by atoms with E-state index in [1.165, 1.54) is 5.56 Å². The number of hydrogen-bond donors (Lipinski definition) is 4. The molecule has 3 aromatic heterocycles. The molecule has 41 heavy (non-hydrogen) atoms. The number of carboxylic acid groups (broad SMARTS) is 2. The third-order valence-corrected chi connectivity index (χ3v) is 8.99. The Morgan fingerprint density at radius 2 is 1.41 bits per heavy atom. The van der Waals surface area contributed by atoms with Gasteiger partial charge >= 0.3 is 11.9 Å². The monoisotopic (exact) mass is 554 g/mol. The smallest absolute Gasteiger partial charge is 0.338 e. The number of aromatic nitrogens is 4. The molecule has 5 heterocycles. The summed E-state index contributed by atoms with van der Waals surface area (Å²) in [6.07, 6.45) is 2.08. The quantitative estimate of drug-likeness (QED) is 0.256. The van der Waals surface area contributed by atoms with E-state index in [0.29, 0.717) is 34.6 Å². The summed E-state index contributed by atoms with van der Waals surface area (Å²) in [7, 11) is 0. The molecule has 0 saturated heterocycles. The van der Waals surface area contributed by atoms with Crippen molar-refractivity contribution in [2.45, 2.75) is 86.0 Å². The molecule has 0 spiro atoms. The van der Waals surface area contributed by atoms with Crippen LogP contribution in [0.5, 0.6) is 0 Å². The van der Waals surface area contributed by atoms with Crippen molar-refractivity contribution < 1.29 is 19.8 Å². The number of nitrogens with zero attached hydrogens (tertiary/aromatic N) is 2. The molecule has 0 aliphatic carbocycles. The normalized spacial score (nSPS) is 16.9. The van der Waals surface area contributed by atoms with Gasteiger partial charge in [0.05, 0.1) is 17.0 Å². The molecule has 3 aromatic rings. The van der Waals surface area contributed by atoms with Crippen molar-refractivity contribution >= 4 is 45.2 Å². The van der Waals surface area contributed by atoms with Crippen LogP contribution in [0.15, 0.2) is 18.2 Å². The lowest BCUT2D eigenvalue weighted by Crippen LogP contribution is -2.08. The third kappa shape index (κ3) is 4.75. The van der Waals surface area contributed by atoms with Crippen LogP contribution < -0.4 is 0 Å². The minimum atomic E-state index is -1.04. The van der Waals surface area contributed by atoms with Gasteiger partial charge in [-0.1, -0.05) is 20.8 Å². The number of rotatable bonds is 6. The van der Waals surface area contributed by atoms with E-state index >= 15 is 0 Å². The summed E-state index contributed by atoms with van der Waals surface area (Å²) in [6.45, 7) is 14.2. The zero-order valence-corrected chi connectivity index (χ0v) is 24.8. The van der Waals surface area contributed by atoms with Crippen molar-refractivity contribution in [2.75, 3.05) is 0 Å². The Bertz CT molecular complexity index is 1790. The number of nitrogens with one attached hydrogen (secondary N) is 2. The van der Waals surface area contributed by atoms with E-state index in [0.717, 1.165) is 57.3 Å². The first-order valence-corrected chi connectivity index (χ1v) is 14.4. The molecule has 2 aliphatic heterocycles. The maximum Gasteiger partial charge on any atom is 0.338 e. The number of aliphatic carboxylic acids is 2. The SMILES string of the molecule is CCc1c(C)c2cc3[nH]c(cc4nc(c(C)c5nc(cc1[nH]2)C(C)=C5C(=O)O)[C@@H](CCC(=O)O)[C@@H]4C)c(C)c3CC. The van der Waals surface area contributed by atoms with Crippen LogP contribution in [0.3, 0.4) is 0 Å². The van der Waals surface area contributed by atoms with Crippen LogP contribution in [0.2, 0.25) is 0 Å². The third-order valence-electron chi connectivity index (χ3n) is 8.99. The van der Waals surface area contributed by atoms with Crippen molar-refractivity contribution in [2.24, 2.45) is 0 Å². The standard InChI is InChI=1S/C33H38N4O4/c1-8-20-15(3)23-12-25-17(5)22(10-11-29(38)39)31(36-25)19(7)32-30(33(40)41)18(6)26(37-32)14-28-21(9-2)16(4)24(35-28)13-27(20)34-23/h12-14,17,22,34-35H,8-11H2,1-7H3,(H,38,39)(H,40,41)/t17-,22-/m0/s1. The first-order valence-electron chi connectivity index (χ1n) is 14.4. The molecule has 5 rings (SSSR count). The van der Waals surface area contributed by atoms with E-state index < -0.39 is 11.9 Å². The van der Waals surface area contributed by atoms with Gasteiger partial charge in [-0.3, -0.25) is 9.78 Å². The second kappa shape index (κ2) is 10.7. The molecule has 2 atom stereocenters. The maximum atomic E-state index is 12.5. The van der Waals surface area contributed by atoms with Crippen LogP contribution in [0, 0.1) is 20.8 Å². The Balaban J connectivity index is 1.98. The van der Waals surface area contributed by atoms with Crippen molar-refractivity contribution in [1.82, 2.24) is 19.9 Å². The van der Waals surface area contributed by atoms with E-state index in [9.17, 15) is 19.8 Å². The van der Waals surface area contributed by atoms with E-state index in [1.54, 1.807) is 6.92 Å². The van der Waals surface area contributed by atoms with Gasteiger partial charge in [0.15, 0.2) is 0 Å². The summed E-state index contributed by atoms with van der Waals surface area (Å²) < 4.78 is 0. The second-order valence-corrected chi connectivity index (χ2v) is 11.3. The Morgan fingerprint density at radius 3 is 1.98 bits per heavy atom. The van der Waals surface area contributed by atoms with Crippen molar-refractivity contribution in [3.05, 3.63) is 68.8 Å². The van der Waals surface area contributed by atoms with Gasteiger partial charge in [0.2, 0.25) is 0 Å². The Kier molecular flexibility index (Phi) is 7.36. The van der Waals surface area contributed by atoms with Crippen molar-refractivity contribution in [3.8, 4) is 0 Å². The predicted molar refractivity (Wildman–Crippen MR) is 162 cm³/mol. The topological polar surface area (TPSA) is 132 Å². The molecule has 0 radical (unpaired) electrons. The zero-order chi connectivity index (χ0) is 29.7. The fraction of sp³-hybridized carbons (Fsp3) is 0.394. The van der Waals surface area contributed by atoms with Crippen LogP contribution in [0.25, 0.3) is 33.2 Å². The molecule has 0 fully saturated rings. The van der Waals surface area contributed by atoms with E-state index in [1.807, 2.05) is 13.0 Å². The van der Waals surface area contributed by atoms with Gasteiger partial charge in [-0.25, -0.2) is 9.78 Å². The Morgan fingerprint density at radius 1 is 0.829 bits per heavy atom. The number of carbonyl (C=O) groups is 2. The van der Waals surface area contributed by atoms with Crippen LogP contribution in [0.1, 0.15) is 103 Å². The largest absolute Gasteiger partial charge is 0.481 e. The highest BCUT2D eigenvalue weighted by Gasteiger charge is 2.33. The summed E-state index contributed by atoms with van der Waals surface area (Å²) in [5.74, 6) is -2.13. The first-order chi connectivity index (χ1) is 19.5. The van der Waals surface area contributed by atoms with Gasteiger partial charge in [0, 0.05) is 51.7 Å². The van der Waals surface area contributed by atoms with Crippen molar-refractivity contribution in [1.29, 1.82) is 0 Å². The molecule has 8 heteroatoms. The van der Waals surface area contributed by atoms with Gasteiger partial charge in [0.1, 0.15) is 0 Å². The fourth-order valence-corrected chi connectivity index (χ4v) is 6.55. The average Bonchev–Trinajstić information content (AvgIpc) is 3.60. The predicted octanol–water partition coefficient (Wildman–Crippen LogP) is 7.13. The van der Waals surface area contributed by atoms with Gasteiger partial charge < -0.3 is 20.2 Å². The summed E-state index contributed by atoms with van der Waals surface area (Å²) in [5, 5.41) is 19.7. The highest BCUT2D eigenvalue weighted by molar-refractivity contribution is 6.24. The minimum absolute atomic E-state index is 0.00156. The van der Waals surface area contributed by atoms with E-state index in [4.69, 9.17) is 9.97 Å². The van der Waals surface area contributed by atoms with Crippen LogP contribution >= 0.6 is 0 Å². The second-order valence-electron chi connectivity index (χ2n) is 11.3. The first kappa shape index (κ1) is 28.3. The molecular weight excluding hydrogens is 516 g/mol. The van der Waals surface area contributed by atoms with Gasteiger partial charge in [-0.05, 0) is 98.5 Å². The summed E-state index contributed by atoms with van der Waals surface area (Å²) in [6, 6.07) is 6.18. The number of H-pyrrole nitrogens is 2. The van der Waals surface area contributed by atoms with Crippen LogP contribution in [-0.2, 0) is 22.4 Å². The summed E-state index contributed by atoms with van der Waals surface area (Å²) in [4.78, 5) is 41.3. The summed E-state index contributed by atoms with van der Waals surface area (Å²) in [5.41, 5.74) is 12.6. The molecule has 214 valence electrons. The molecule has 2 aliphatic rings. The lowest BCUT2D eigenvalue weighted by molar-refractivity contribution is -0.137. The lowest BCUT2D eigenvalue weighted by Gasteiger charge is -2.16. The molecule has 0 aromatic carbocycles. The number of hydrogen-bond acceptors (Lipinski definition) is 4. The molecule has 0 amide bonds. The number of fused-ring (bicyclic) bond motifs is 8. The maximum absolute atomic E-state index is 12.5. The highest BCUT2D eigenvalue weighted by Crippen LogP contribution is 2.43.